The number of benzene rings is 4. The topological polar surface area (TPSA) is 52.6 Å². The van der Waals surface area contributed by atoms with Crippen molar-refractivity contribution in [2.24, 2.45) is 5.92 Å². The van der Waals surface area contributed by atoms with Crippen LogP contribution in [0.5, 0.6) is 0 Å². The highest BCUT2D eigenvalue weighted by molar-refractivity contribution is 6.02. The summed E-state index contributed by atoms with van der Waals surface area (Å²) >= 11 is 0. The van der Waals surface area contributed by atoms with E-state index in [1.165, 1.54) is 0 Å². The van der Waals surface area contributed by atoms with E-state index in [0.29, 0.717) is 21.5 Å². The fraction of sp³-hybridized carbons (Fsp3) is 0.214. The average Bonchev–Trinajstić information content (AvgIpc) is 3.21. The molecule has 0 N–H and O–H groups in total. The van der Waals surface area contributed by atoms with Crippen molar-refractivity contribution in [1.29, 1.82) is 0 Å². The second-order valence-corrected chi connectivity index (χ2v) is 8.62. The zero-order chi connectivity index (χ0) is 24.6. The summed E-state index contributed by atoms with van der Waals surface area (Å²) in [6.07, 6.45) is -8.38. The van der Waals surface area contributed by atoms with Gasteiger partial charge in [-0.25, -0.2) is 0 Å². The number of alkyl halides is 3. The SMILES string of the molecule is O=C1C[C@@H](C(=O)O[C@H](c2c3ccccc3cc3ccccc23)C(F)(F)F)[C@@H](Cc2ccccc2)O1. The van der Waals surface area contributed by atoms with Gasteiger partial charge in [0.05, 0.1) is 6.42 Å². The number of esters is 2. The van der Waals surface area contributed by atoms with E-state index in [0.717, 1.165) is 5.56 Å². The molecule has 0 bridgehead atoms. The van der Waals surface area contributed by atoms with E-state index in [2.05, 4.69) is 0 Å². The van der Waals surface area contributed by atoms with Crippen molar-refractivity contribution in [3.05, 3.63) is 96.1 Å². The first-order valence-electron chi connectivity index (χ1n) is 11.2. The van der Waals surface area contributed by atoms with Crippen LogP contribution in [0.1, 0.15) is 23.7 Å². The fourth-order valence-corrected chi connectivity index (χ4v) is 4.70. The van der Waals surface area contributed by atoms with Crippen LogP contribution >= 0.6 is 0 Å². The van der Waals surface area contributed by atoms with Gasteiger partial charge in [0.25, 0.3) is 0 Å². The summed E-state index contributed by atoms with van der Waals surface area (Å²) in [5, 5.41) is 1.91. The Balaban J connectivity index is 1.54. The summed E-state index contributed by atoms with van der Waals surface area (Å²) in [5.41, 5.74) is 0.682. The molecular formula is C28H21F3O4. The van der Waals surface area contributed by atoms with Gasteiger partial charge in [0.1, 0.15) is 12.0 Å². The van der Waals surface area contributed by atoms with Gasteiger partial charge in [0.2, 0.25) is 6.10 Å². The van der Waals surface area contributed by atoms with Gasteiger partial charge in [-0.05, 0) is 33.2 Å². The van der Waals surface area contributed by atoms with Gasteiger partial charge in [-0.15, -0.1) is 0 Å². The monoisotopic (exact) mass is 478 g/mol. The van der Waals surface area contributed by atoms with Crippen LogP contribution in [-0.4, -0.2) is 24.2 Å². The van der Waals surface area contributed by atoms with Crippen LogP contribution in [0.25, 0.3) is 21.5 Å². The zero-order valence-corrected chi connectivity index (χ0v) is 18.5. The van der Waals surface area contributed by atoms with Gasteiger partial charge < -0.3 is 9.47 Å². The maximum absolute atomic E-state index is 14.5. The van der Waals surface area contributed by atoms with Crippen LogP contribution in [0.4, 0.5) is 13.2 Å². The Bertz CT molecular complexity index is 1340. The molecule has 178 valence electrons. The lowest BCUT2D eigenvalue weighted by atomic mass is 9.92. The quantitative estimate of drug-likeness (QED) is 0.249. The number of rotatable bonds is 5. The Labute approximate surface area is 199 Å². The molecule has 5 rings (SSSR count). The second kappa shape index (κ2) is 9.06. The molecule has 1 aliphatic heterocycles. The van der Waals surface area contributed by atoms with Crippen molar-refractivity contribution in [3.8, 4) is 0 Å². The summed E-state index contributed by atoms with van der Waals surface area (Å²) < 4.78 is 53.9. The molecule has 0 aromatic heterocycles. The number of hydrogen-bond acceptors (Lipinski definition) is 4. The standard InChI is InChI=1S/C28H21F3O4/c29-28(30,31)26(25-20-12-6-4-10-18(20)15-19-11-5-7-13-21(19)25)35-27(33)22-16-24(32)34-23(22)14-17-8-2-1-3-9-17/h1-13,15,22-23,26H,14,16H2/t22-,23-,26-/m1/s1. The van der Waals surface area contributed by atoms with Crippen molar-refractivity contribution < 1.29 is 32.2 Å². The molecular weight excluding hydrogens is 457 g/mol. The van der Waals surface area contributed by atoms with Gasteiger partial charge in [0, 0.05) is 12.0 Å². The number of cyclic esters (lactones) is 1. The second-order valence-electron chi connectivity index (χ2n) is 8.62. The number of carbonyl (C=O) groups is 2. The van der Waals surface area contributed by atoms with Crippen LogP contribution in [0, 0.1) is 5.92 Å². The number of carbonyl (C=O) groups excluding carboxylic acids is 2. The van der Waals surface area contributed by atoms with Gasteiger partial charge in [-0.2, -0.15) is 13.2 Å². The zero-order valence-electron chi connectivity index (χ0n) is 18.5. The van der Waals surface area contributed by atoms with E-state index in [1.807, 2.05) is 12.1 Å². The first-order chi connectivity index (χ1) is 16.8. The maximum Gasteiger partial charge on any atom is 0.429 e. The molecule has 0 spiro atoms. The van der Waals surface area contributed by atoms with E-state index in [4.69, 9.17) is 9.47 Å². The minimum Gasteiger partial charge on any atom is -0.461 e. The molecule has 4 aromatic carbocycles. The Morgan fingerprint density at radius 1 is 0.914 bits per heavy atom. The molecule has 0 radical (unpaired) electrons. The van der Waals surface area contributed by atoms with Crippen LogP contribution < -0.4 is 0 Å². The van der Waals surface area contributed by atoms with Gasteiger partial charge in [-0.1, -0.05) is 78.9 Å². The predicted molar refractivity (Wildman–Crippen MR) is 124 cm³/mol. The molecule has 1 aliphatic rings. The van der Waals surface area contributed by atoms with Crippen LogP contribution in [0.3, 0.4) is 0 Å². The van der Waals surface area contributed by atoms with Crippen molar-refractivity contribution >= 4 is 33.5 Å². The Kier molecular flexibility index (Phi) is 5.93. The van der Waals surface area contributed by atoms with E-state index >= 15 is 0 Å². The largest absolute Gasteiger partial charge is 0.461 e. The summed E-state index contributed by atoms with van der Waals surface area (Å²) in [4.78, 5) is 25.1. The molecule has 1 saturated heterocycles. The van der Waals surface area contributed by atoms with Gasteiger partial charge in [-0.3, -0.25) is 9.59 Å². The van der Waals surface area contributed by atoms with E-state index in [9.17, 15) is 22.8 Å². The molecule has 1 fully saturated rings. The predicted octanol–water partition coefficient (Wildman–Crippen LogP) is 6.31. The molecule has 1 heterocycles. The Morgan fingerprint density at radius 2 is 1.49 bits per heavy atom. The highest BCUT2D eigenvalue weighted by Crippen LogP contribution is 2.44. The van der Waals surface area contributed by atoms with E-state index < -0.39 is 36.2 Å². The van der Waals surface area contributed by atoms with Crippen LogP contribution in [0.15, 0.2) is 84.9 Å². The molecule has 0 amide bonds. The lowest BCUT2D eigenvalue weighted by molar-refractivity contribution is -0.226. The first-order valence-corrected chi connectivity index (χ1v) is 11.2. The average molecular weight is 478 g/mol. The van der Waals surface area contributed by atoms with Crippen LogP contribution in [0.2, 0.25) is 0 Å². The third-order valence-electron chi connectivity index (χ3n) is 6.31. The summed E-state index contributed by atoms with van der Waals surface area (Å²) in [5.74, 6) is -2.86. The van der Waals surface area contributed by atoms with Crippen molar-refractivity contribution in [2.45, 2.75) is 31.2 Å². The van der Waals surface area contributed by atoms with E-state index in [-0.39, 0.29) is 18.4 Å². The normalized spacial score (nSPS) is 19.0. The third-order valence-corrected chi connectivity index (χ3v) is 6.31. The van der Waals surface area contributed by atoms with Crippen LogP contribution in [-0.2, 0) is 25.5 Å². The third kappa shape index (κ3) is 4.58. The van der Waals surface area contributed by atoms with Crippen molar-refractivity contribution in [2.75, 3.05) is 0 Å². The molecule has 4 nitrogen and oxygen atoms in total. The minimum atomic E-state index is -4.87. The summed E-state index contributed by atoms with van der Waals surface area (Å²) in [7, 11) is 0. The number of hydrogen-bond donors (Lipinski definition) is 0. The van der Waals surface area contributed by atoms with Gasteiger partial charge in [0.15, 0.2) is 0 Å². The molecule has 4 aromatic rings. The number of fused-ring (bicyclic) bond motifs is 2. The number of halogens is 3. The lowest BCUT2D eigenvalue weighted by Gasteiger charge is -2.26. The molecule has 0 aliphatic carbocycles. The highest BCUT2D eigenvalue weighted by Gasteiger charge is 2.49. The lowest BCUT2D eigenvalue weighted by Crippen LogP contribution is -2.33. The fourth-order valence-electron chi connectivity index (χ4n) is 4.70. The van der Waals surface area contributed by atoms with Crippen molar-refractivity contribution in [3.63, 3.8) is 0 Å². The van der Waals surface area contributed by atoms with Gasteiger partial charge >= 0.3 is 18.1 Å². The Hall–Kier alpha value is -3.87. The molecule has 35 heavy (non-hydrogen) atoms. The minimum absolute atomic E-state index is 0.121. The van der Waals surface area contributed by atoms with E-state index in [1.54, 1.807) is 72.8 Å². The highest BCUT2D eigenvalue weighted by atomic mass is 19.4. The molecule has 3 atom stereocenters. The molecule has 0 unspecified atom stereocenters. The maximum atomic E-state index is 14.5. The smallest absolute Gasteiger partial charge is 0.429 e. The van der Waals surface area contributed by atoms with Crippen molar-refractivity contribution in [1.82, 2.24) is 0 Å². The summed E-state index contributed by atoms with van der Waals surface area (Å²) in [6.45, 7) is 0. The first kappa shape index (κ1) is 22.9. The molecule has 0 saturated carbocycles. The molecule has 7 heteroatoms. The Morgan fingerprint density at radius 3 is 2.09 bits per heavy atom. The number of ether oxygens (including phenoxy) is 2. The summed E-state index contributed by atoms with van der Waals surface area (Å²) in [6, 6.07) is 24.2.